The number of hydrogen-bond acceptors (Lipinski definition) is 5. The number of rotatable bonds is 9. The second-order valence-corrected chi connectivity index (χ2v) is 6.28. The topological polar surface area (TPSA) is 84.0 Å². The highest BCUT2D eigenvalue weighted by Crippen LogP contribution is 1.98. The summed E-state index contributed by atoms with van der Waals surface area (Å²) < 4.78 is 26.0. The van der Waals surface area contributed by atoms with E-state index in [4.69, 9.17) is 0 Å². The average Bonchev–Trinajstić information content (AvgIpc) is 2.38. The maximum absolute atomic E-state index is 11.7. The lowest BCUT2D eigenvalue weighted by molar-refractivity contribution is 0.573. The van der Waals surface area contributed by atoms with Crippen molar-refractivity contribution in [3.63, 3.8) is 0 Å². The Morgan fingerprint density at radius 1 is 1.21 bits per heavy atom. The zero-order valence-corrected chi connectivity index (χ0v) is 12.3. The molecular weight excluding hydrogens is 264 g/mol. The van der Waals surface area contributed by atoms with E-state index in [0.717, 1.165) is 25.2 Å². The zero-order chi connectivity index (χ0) is 14.1. The maximum atomic E-state index is 11.7. The van der Waals surface area contributed by atoms with Gasteiger partial charge in [0.05, 0.1) is 29.9 Å². The molecule has 1 aromatic rings. The molecule has 0 unspecified atom stereocenters. The highest BCUT2D eigenvalue weighted by molar-refractivity contribution is 7.89. The Morgan fingerprint density at radius 2 is 2.00 bits per heavy atom. The summed E-state index contributed by atoms with van der Waals surface area (Å²) in [5.41, 5.74) is 1.44. The van der Waals surface area contributed by atoms with Crippen LogP contribution in [0.15, 0.2) is 12.4 Å². The first-order chi connectivity index (χ1) is 9.03. The largest absolute Gasteiger partial charge is 0.317 e. The van der Waals surface area contributed by atoms with Crippen molar-refractivity contribution in [1.29, 1.82) is 0 Å². The lowest BCUT2D eigenvalue weighted by atomic mass is 10.3. The molecule has 1 aromatic heterocycles. The Labute approximate surface area is 115 Å². The number of unbranched alkanes of at least 4 members (excludes halogenated alkanes) is 1. The van der Waals surface area contributed by atoms with E-state index in [-0.39, 0.29) is 12.3 Å². The molecule has 0 aromatic carbocycles. The number of hydrogen-bond donors (Lipinski definition) is 2. The number of aryl methyl sites for hydroxylation is 1. The number of nitrogens with zero attached hydrogens (tertiary/aromatic N) is 2. The van der Waals surface area contributed by atoms with Crippen LogP contribution in [0.2, 0.25) is 0 Å². The third-order valence-electron chi connectivity index (χ3n) is 2.57. The molecule has 0 spiro atoms. The van der Waals surface area contributed by atoms with E-state index < -0.39 is 10.0 Å². The molecule has 108 valence electrons. The van der Waals surface area contributed by atoms with Crippen molar-refractivity contribution in [3.8, 4) is 0 Å². The predicted octanol–water partition coefficient (Wildman–Crippen LogP) is 0.594. The van der Waals surface area contributed by atoms with E-state index in [9.17, 15) is 8.42 Å². The molecule has 0 saturated heterocycles. The molecule has 0 saturated carbocycles. The third kappa shape index (κ3) is 7.19. The smallest absolute Gasteiger partial charge is 0.211 e. The van der Waals surface area contributed by atoms with Gasteiger partial charge in [0, 0.05) is 6.20 Å². The minimum absolute atomic E-state index is 0.150. The van der Waals surface area contributed by atoms with Gasteiger partial charge in [-0.1, -0.05) is 6.92 Å². The number of aromatic nitrogens is 2. The van der Waals surface area contributed by atoms with Gasteiger partial charge in [-0.3, -0.25) is 9.97 Å². The average molecular weight is 286 g/mol. The Balaban J connectivity index is 2.28. The molecule has 0 amide bonds. The minimum Gasteiger partial charge on any atom is -0.317 e. The van der Waals surface area contributed by atoms with Crippen LogP contribution in [0, 0.1) is 6.92 Å². The monoisotopic (exact) mass is 286 g/mol. The van der Waals surface area contributed by atoms with Gasteiger partial charge in [0.15, 0.2) is 0 Å². The van der Waals surface area contributed by atoms with Crippen molar-refractivity contribution in [2.45, 2.75) is 33.2 Å². The normalized spacial score (nSPS) is 11.7. The summed E-state index contributed by atoms with van der Waals surface area (Å²) >= 11 is 0. The molecule has 6 nitrogen and oxygen atoms in total. The zero-order valence-electron chi connectivity index (χ0n) is 11.5. The molecule has 1 rings (SSSR count). The van der Waals surface area contributed by atoms with Gasteiger partial charge in [0.25, 0.3) is 0 Å². The van der Waals surface area contributed by atoms with Crippen molar-refractivity contribution >= 4 is 10.0 Å². The molecule has 2 N–H and O–H groups in total. The Bertz CT molecular complexity index is 459. The fraction of sp³-hybridized carbons (Fsp3) is 0.667. The van der Waals surface area contributed by atoms with Gasteiger partial charge in [-0.15, -0.1) is 0 Å². The van der Waals surface area contributed by atoms with Crippen LogP contribution >= 0.6 is 0 Å². The lowest BCUT2D eigenvalue weighted by Gasteiger charge is -2.06. The SMILES string of the molecule is CCNCCCCS(=O)(=O)NCc1cnc(C)cn1. The molecular formula is C12H22N4O2S. The first-order valence-electron chi connectivity index (χ1n) is 6.49. The Kier molecular flexibility index (Phi) is 6.90. The molecule has 0 atom stereocenters. The van der Waals surface area contributed by atoms with E-state index in [1.807, 2.05) is 13.8 Å². The maximum Gasteiger partial charge on any atom is 0.211 e. The van der Waals surface area contributed by atoms with E-state index >= 15 is 0 Å². The highest BCUT2D eigenvalue weighted by Gasteiger charge is 2.09. The van der Waals surface area contributed by atoms with Crippen molar-refractivity contribution in [2.75, 3.05) is 18.8 Å². The van der Waals surface area contributed by atoms with Crippen LogP contribution in [0.4, 0.5) is 0 Å². The molecule has 0 bridgehead atoms. The van der Waals surface area contributed by atoms with Crippen LogP contribution in [0.3, 0.4) is 0 Å². The second kappa shape index (κ2) is 8.19. The van der Waals surface area contributed by atoms with Gasteiger partial charge < -0.3 is 5.32 Å². The first-order valence-corrected chi connectivity index (χ1v) is 8.14. The van der Waals surface area contributed by atoms with Crippen LogP contribution in [-0.2, 0) is 16.6 Å². The molecule has 19 heavy (non-hydrogen) atoms. The van der Waals surface area contributed by atoms with Gasteiger partial charge in [0.1, 0.15) is 0 Å². The van der Waals surface area contributed by atoms with Crippen molar-refractivity contribution in [2.24, 2.45) is 0 Å². The lowest BCUT2D eigenvalue weighted by Crippen LogP contribution is -2.27. The summed E-state index contributed by atoms with van der Waals surface area (Å²) in [6.45, 7) is 5.83. The number of sulfonamides is 1. The summed E-state index contributed by atoms with van der Waals surface area (Å²) in [5, 5.41) is 3.16. The summed E-state index contributed by atoms with van der Waals surface area (Å²) in [7, 11) is -3.22. The Hall–Kier alpha value is -1.05. The van der Waals surface area contributed by atoms with E-state index in [2.05, 4.69) is 20.0 Å². The summed E-state index contributed by atoms with van der Waals surface area (Å²) in [6.07, 6.45) is 4.73. The van der Waals surface area contributed by atoms with Gasteiger partial charge in [-0.25, -0.2) is 13.1 Å². The van der Waals surface area contributed by atoms with Crippen LogP contribution < -0.4 is 10.0 Å². The third-order valence-corrected chi connectivity index (χ3v) is 3.98. The molecule has 0 fully saturated rings. The van der Waals surface area contributed by atoms with Gasteiger partial charge in [0.2, 0.25) is 10.0 Å². The van der Waals surface area contributed by atoms with Crippen LogP contribution in [0.5, 0.6) is 0 Å². The van der Waals surface area contributed by atoms with Gasteiger partial charge >= 0.3 is 0 Å². The van der Waals surface area contributed by atoms with Crippen LogP contribution in [0.1, 0.15) is 31.2 Å². The van der Waals surface area contributed by atoms with Crippen LogP contribution in [-0.4, -0.2) is 37.2 Å². The molecule has 1 heterocycles. The first kappa shape index (κ1) is 16.0. The molecule has 0 aliphatic carbocycles. The minimum atomic E-state index is -3.22. The summed E-state index contributed by atoms with van der Waals surface area (Å²) in [5.74, 6) is 0.150. The van der Waals surface area contributed by atoms with Crippen molar-refractivity contribution in [3.05, 3.63) is 23.8 Å². The van der Waals surface area contributed by atoms with E-state index in [1.165, 1.54) is 0 Å². The second-order valence-electron chi connectivity index (χ2n) is 4.35. The molecule has 0 aliphatic rings. The standard InChI is InChI=1S/C12H22N4O2S/c1-3-13-6-4-5-7-19(17,18)16-10-12-9-14-11(2)8-15-12/h8-9,13,16H,3-7,10H2,1-2H3. The fourth-order valence-electron chi connectivity index (χ4n) is 1.49. The molecule has 0 aliphatic heterocycles. The van der Waals surface area contributed by atoms with Crippen molar-refractivity contribution < 1.29 is 8.42 Å². The quantitative estimate of drug-likeness (QED) is 0.649. The predicted molar refractivity (Wildman–Crippen MR) is 75.2 cm³/mol. The molecule has 7 heteroatoms. The highest BCUT2D eigenvalue weighted by atomic mass is 32.2. The summed E-state index contributed by atoms with van der Waals surface area (Å²) in [4.78, 5) is 8.17. The van der Waals surface area contributed by atoms with Crippen LogP contribution in [0.25, 0.3) is 0 Å². The molecule has 0 radical (unpaired) electrons. The van der Waals surface area contributed by atoms with E-state index in [0.29, 0.717) is 12.1 Å². The fourth-order valence-corrected chi connectivity index (χ4v) is 2.58. The Morgan fingerprint density at radius 3 is 2.63 bits per heavy atom. The van der Waals surface area contributed by atoms with E-state index in [1.54, 1.807) is 12.4 Å². The number of nitrogens with one attached hydrogen (secondary N) is 2. The van der Waals surface area contributed by atoms with Gasteiger partial charge in [-0.05, 0) is 32.9 Å². The van der Waals surface area contributed by atoms with Gasteiger partial charge in [-0.2, -0.15) is 0 Å². The summed E-state index contributed by atoms with van der Waals surface area (Å²) in [6, 6.07) is 0. The van der Waals surface area contributed by atoms with Crippen molar-refractivity contribution in [1.82, 2.24) is 20.0 Å².